The highest BCUT2D eigenvalue weighted by molar-refractivity contribution is 5.91. The van der Waals surface area contributed by atoms with E-state index < -0.39 is 24.8 Å². The van der Waals surface area contributed by atoms with Crippen LogP contribution in [0.4, 0.5) is 0 Å². The van der Waals surface area contributed by atoms with E-state index in [2.05, 4.69) is 6.92 Å². The molecule has 0 saturated heterocycles. The van der Waals surface area contributed by atoms with E-state index in [-0.39, 0.29) is 5.75 Å². The summed E-state index contributed by atoms with van der Waals surface area (Å²) in [5.41, 5.74) is 1.86. The number of aryl methyl sites for hydroxylation is 1. The van der Waals surface area contributed by atoms with Crippen molar-refractivity contribution in [3.63, 3.8) is 0 Å². The van der Waals surface area contributed by atoms with Gasteiger partial charge in [-0.1, -0.05) is 38.0 Å². The maximum atomic E-state index is 12.8. The molecular weight excluding hydrogens is 384 g/mol. The van der Waals surface area contributed by atoms with Crippen molar-refractivity contribution in [2.75, 3.05) is 0 Å². The fourth-order valence-electron chi connectivity index (χ4n) is 3.50. The number of cyclic esters (lactones) is 1. The number of carbonyl (C=O) groups is 1. The molecule has 1 heterocycles. The molecule has 1 aliphatic heterocycles. The van der Waals surface area contributed by atoms with Gasteiger partial charge in [-0.25, -0.2) is 4.79 Å². The molecule has 3 N–H and O–H groups in total. The average Bonchev–Trinajstić information content (AvgIpc) is 2.73. The second-order valence-corrected chi connectivity index (χ2v) is 7.50. The van der Waals surface area contributed by atoms with Crippen LogP contribution in [0, 0.1) is 6.92 Å². The third kappa shape index (κ3) is 4.83. The number of benzene rings is 2. The number of fused-ring (bicyclic) bond motifs is 3. The first kappa shape index (κ1) is 21.9. The summed E-state index contributed by atoms with van der Waals surface area (Å²) in [4.78, 5) is 12.8. The lowest BCUT2D eigenvalue weighted by Gasteiger charge is -2.23. The van der Waals surface area contributed by atoms with Crippen molar-refractivity contribution in [2.45, 2.75) is 58.3 Å². The Bertz CT molecular complexity index is 934. The molecular formula is C24H28O6. The number of hydrogen-bond donors (Lipinski definition) is 3. The Hall–Kier alpha value is -2.83. The fraction of sp³-hybridized carbons (Fsp3) is 0.375. The number of aliphatic hydroxyl groups excluding tert-OH is 2. The van der Waals surface area contributed by atoms with E-state index in [4.69, 9.17) is 9.47 Å². The molecule has 0 aromatic heterocycles. The zero-order valence-corrected chi connectivity index (χ0v) is 17.3. The maximum Gasteiger partial charge on any atom is 0.338 e. The molecule has 0 amide bonds. The van der Waals surface area contributed by atoms with Crippen LogP contribution in [0.25, 0.3) is 6.08 Å². The second-order valence-electron chi connectivity index (χ2n) is 7.50. The Balaban J connectivity index is 2.10. The fourth-order valence-corrected chi connectivity index (χ4v) is 3.50. The van der Waals surface area contributed by atoms with Crippen molar-refractivity contribution in [1.82, 2.24) is 0 Å². The van der Waals surface area contributed by atoms with Gasteiger partial charge in [-0.15, -0.1) is 0 Å². The summed E-state index contributed by atoms with van der Waals surface area (Å²) < 4.78 is 11.6. The Morgan fingerprint density at radius 2 is 1.93 bits per heavy atom. The molecule has 2 aromatic rings. The van der Waals surface area contributed by atoms with Gasteiger partial charge in [0, 0.05) is 11.1 Å². The molecule has 2 bridgehead atoms. The van der Waals surface area contributed by atoms with E-state index in [0.29, 0.717) is 34.6 Å². The van der Waals surface area contributed by atoms with Crippen molar-refractivity contribution < 1.29 is 29.6 Å². The average molecular weight is 412 g/mol. The predicted octanol–water partition coefficient (Wildman–Crippen LogP) is 4.48. The molecule has 0 fully saturated rings. The quantitative estimate of drug-likeness (QED) is 0.495. The van der Waals surface area contributed by atoms with Gasteiger partial charge in [0.05, 0.1) is 12.2 Å². The number of ether oxygens (including phenoxy) is 2. The lowest BCUT2D eigenvalue weighted by Crippen LogP contribution is -2.30. The molecule has 6 nitrogen and oxygen atoms in total. The van der Waals surface area contributed by atoms with Crippen LogP contribution in [0.2, 0.25) is 0 Å². The van der Waals surface area contributed by atoms with Gasteiger partial charge in [0.1, 0.15) is 29.5 Å². The van der Waals surface area contributed by atoms with Crippen LogP contribution in [0.5, 0.6) is 17.2 Å². The smallest absolute Gasteiger partial charge is 0.338 e. The van der Waals surface area contributed by atoms with Crippen LogP contribution in [0.1, 0.15) is 59.7 Å². The van der Waals surface area contributed by atoms with Crippen LogP contribution >= 0.6 is 0 Å². The molecule has 0 spiro atoms. The summed E-state index contributed by atoms with van der Waals surface area (Å²) in [5, 5.41) is 30.6. The van der Waals surface area contributed by atoms with Crippen molar-refractivity contribution in [1.29, 1.82) is 0 Å². The first-order chi connectivity index (χ1) is 14.4. The Labute approximate surface area is 176 Å². The zero-order chi connectivity index (χ0) is 21.7. The zero-order valence-electron chi connectivity index (χ0n) is 17.3. The maximum absolute atomic E-state index is 12.8. The lowest BCUT2D eigenvalue weighted by molar-refractivity contribution is -0.00748. The Morgan fingerprint density at radius 1 is 1.13 bits per heavy atom. The Morgan fingerprint density at radius 3 is 2.67 bits per heavy atom. The highest BCUT2D eigenvalue weighted by atomic mass is 16.6. The topological polar surface area (TPSA) is 96.2 Å². The highest BCUT2D eigenvalue weighted by Crippen LogP contribution is 2.35. The van der Waals surface area contributed by atoms with E-state index in [1.807, 2.05) is 6.92 Å². The van der Waals surface area contributed by atoms with Crippen molar-refractivity contribution in [3.05, 3.63) is 58.7 Å². The predicted molar refractivity (Wildman–Crippen MR) is 114 cm³/mol. The van der Waals surface area contributed by atoms with Gasteiger partial charge in [0.25, 0.3) is 0 Å². The van der Waals surface area contributed by atoms with Crippen LogP contribution in [0.3, 0.4) is 0 Å². The number of unbranched alkanes of at least 4 members (excludes halogenated alkanes) is 2. The number of esters is 1. The second kappa shape index (κ2) is 9.78. The number of phenols is 1. The van der Waals surface area contributed by atoms with Gasteiger partial charge in [0.2, 0.25) is 0 Å². The molecule has 2 atom stereocenters. The largest absolute Gasteiger partial charge is 0.508 e. The first-order valence-electron chi connectivity index (χ1n) is 10.3. The van der Waals surface area contributed by atoms with Gasteiger partial charge < -0.3 is 24.8 Å². The third-order valence-electron chi connectivity index (χ3n) is 5.30. The molecule has 2 aromatic carbocycles. The molecule has 30 heavy (non-hydrogen) atoms. The van der Waals surface area contributed by atoms with E-state index >= 15 is 0 Å². The van der Waals surface area contributed by atoms with Crippen molar-refractivity contribution >= 4 is 12.0 Å². The molecule has 0 unspecified atom stereocenters. The normalized spacial score (nSPS) is 18.6. The Kier molecular flexibility index (Phi) is 7.13. The number of aromatic hydroxyl groups is 1. The molecule has 160 valence electrons. The molecule has 3 rings (SSSR count). The number of carbonyl (C=O) groups excluding carboxylic acids is 1. The van der Waals surface area contributed by atoms with E-state index in [1.165, 1.54) is 12.1 Å². The van der Waals surface area contributed by atoms with Gasteiger partial charge in [-0.2, -0.15) is 0 Å². The SMILES string of the molecule is CCCCC[C@@H]1OC(=O)c2cc(ccc2C)Oc2ccc(O)c(CO)c2C=C[C@@H]1O. The lowest BCUT2D eigenvalue weighted by atomic mass is 10.0. The highest BCUT2D eigenvalue weighted by Gasteiger charge is 2.24. The van der Waals surface area contributed by atoms with Crippen molar-refractivity contribution in [3.8, 4) is 17.2 Å². The minimum Gasteiger partial charge on any atom is -0.508 e. The minimum absolute atomic E-state index is 0.0680. The number of rotatable bonds is 5. The third-order valence-corrected chi connectivity index (χ3v) is 5.30. The summed E-state index contributed by atoms with van der Waals surface area (Å²) in [5.74, 6) is 0.253. The minimum atomic E-state index is -1.05. The standard InChI is InChI=1S/C24H28O6/c1-3-4-5-6-23-21(27)10-9-17-19(14-25)20(26)11-12-22(17)29-16-8-7-15(2)18(13-16)24(28)30-23/h7-13,21,23,25-27H,3-6,14H2,1-2H3/t21-,23-/m0/s1. The van der Waals surface area contributed by atoms with E-state index in [9.17, 15) is 20.1 Å². The molecule has 0 aliphatic carbocycles. The van der Waals surface area contributed by atoms with Crippen LogP contribution in [-0.2, 0) is 11.3 Å². The van der Waals surface area contributed by atoms with Crippen LogP contribution < -0.4 is 4.74 Å². The van der Waals surface area contributed by atoms with E-state index in [0.717, 1.165) is 24.8 Å². The van der Waals surface area contributed by atoms with Gasteiger partial charge in [-0.05, 0) is 49.6 Å². The summed E-state index contributed by atoms with van der Waals surface area (Å²) in [7, 11) is 0. The number of hydrogen-bond acceptors (Lipinski definition) is 6. The monoisotopic (exact) mass is 412 g/mol. The summed E-state index contributed by atoms with van der Waals surface area (Å²) >= 11 is 0. The van der Waals surface area contributed by atoms with Crippen molar-refractivity contribution in [2.24, 2.45) is 0 Å². The summed E-state index contributed by atoms with van der Waals surface area (Å²) in [6.07, 6.45) is 4.67. The molecule has 1 aliphatic rings. The summed E-state index contributed by atoms with van der Waals surface area (Å²) in [6, 6.07) is 8.14. The van der Waals surface area contributed by atoms with Gasteiger partial charge in [0.15, 0.2) is 0 Å². The van der Waals surface area contributed by atoms with E-state index in [1.54, 1.807) is 30.3 Å². The first-order valence-corrected chi connectivity index (χ1v) is 10.3. The van der Waals surface area contributed by atoms with Gasteiger partial charge >= 0.3 is 5.97 Å². The summed E-state index contributed by atoms with van der Waals surface area (Å²) in [6.45, 7) is 3.50. The number of aliphatic hydroxyl groups is 2. The molecule has 0 saturated carbocycles. The van der Waals surface area contributed by atoms with Gasteiger partial charge in [-0.3, -0.25) is 0 Å². The molecule has 6 heteroatoms. The molecule has 0 radical (unpaired) electrons. The van der Waals surface area contributed by atoms with Crippen LogP contribution in [0.15, 0.2) is 36.4 Å². The van der Waals surface area contributed by atoms with Crippen LogP contribution in [-0.4, -0.2) is 33.5 Å².